The average molecular weight is 417 g/mol. The molecule has 2 fully saturated rings. The molecule has 1 aromatic rings. The van der Waals surface area contributed by atoms with Crippen LogP contribution in [-0.4, -0.2) is 67.0 Å². The Morgan fingerprint density at radius 2 is 2.00 bits per heavy atom. The Bertz CT molecular complexity index is 815. The number of Topliss-reactive ketones (excluding diaryl/α,β-unsaturated/α-hetero) is 1. The summed E-state index contributed by atoms with van der Waals surface area (Å²) in [4.78, 5) is 32.1. The normalized spacial score (nSPS) is 32.9. The second-order valence-corrected chi connectivity index (χ2v) is 9.64. The van der Waals surface area contributed by atoms with Crippen LogP contribution in [0, 0.1) is 11.8 Å². The maximum Gasteiger partial charge on any atom is 0.290 e. The molecule has 1 aliphatic carbocycles. The molecule has 0 aromatic carbocycles. The monoisotopic (exact) mass is 416 g/mol. The Kier molecular flexibility index (Phi) is 5.22. The number of ether oxygens (including phenoxy) is 2. The summed E-state index contributed by atoms with van der Waals surface area (Å²) in [6, 6.07) is 3.72. The van der Waals surface area contributed by atoms with Crippen LogP contribution in [0.25, 0.3) is 0 Å². The van der Waals surface area contributed by atoms with Crippen molar-refractivity contribution < 1.29 is 19.1 Å². The van der Waals surface area contributed by atoms with Gasteiger partial charge in [0.25, 0.3) is 5.91 Å². The van der Waals surface area contributed by atoms with Crippen molar-refractivity contribution in [2.45, 2.75) is 38.3 Å². The average Bonchev–Trinajstić information content (AvgIpc) is 3.35. The number of carbonyl (C=O) groups excluding carboxylic acids is 2. The summed E-state index contributed by atoms with van der Waals surface area (Å²) in [6.07, 6.45) is 2.64. The van der Waals surface area contributed by atoms with E-state index in [0.29, 0.717) is 23.8 Å². The largest absolute Gasteiger partial charge is 0.483 e. The second kappa shape index (κ2) is 7.85. The molecule has 7 heteroatoms. The molecular formula is C22H28N2O4S. The van der Waals surface area contributed by atoms with E-state index in [1.165, 1.54) is 0 Å². The molecule has 1 saturated carbocycles. The number of amides is 1. The Morgan fingerprint density at radius 3 is 2.76 bits per heavy atom. The second-order valence-electron chi connectivity index (χ2n) is 8.66. The van der Waals surface area contributed by atoms with E-state index in [-0.39, 0.29) is 29.8 Å². The van der Waals surface area contributed by atoms with Crippen molar-refractivity contribution in [3.05, 3.63) is 33.7 Å². The van der Waals surface area contributed by atoms with E-state index in [4.69, 9.17) is 9.47 Å². The molecule has 0 spiro atoms. The van der Waals surface area contributed by atoms with E-state index >= 15 is 0 Å². The summed E-state index contributed by atoms with van der Waals surface area (Å²) in [7, 11) is 0. The molecule has 4 heterocycles. The van der Waals surface area contributed by atoms with Gasteiger partial charge in [0, 0.05) is 31.1 Å². The van der Waals surface area contributed by atoms with Gasteiger partial charge in [-0.3, -0.25) is 14.5 Å². The fraction of sp³-hybridized carbons (Fsp3) is 0.636. The number of hydrogen-bond acceptors (Lipinski definition) is 6. The molecule has 4 unspecified atom stereocenters. The Morgan fingerprint density at radius 1 is 1.17 bits per heavy atom. The van der Waals surface area contributed by atoms with Crippen LogP contribution >= 0.6 is 11.3 Å². The zero-order chi connectivity index (χ0) is 20.0. The van der Waals surface area contributed by atoms with Crippen molar-refractivity contribution in [2.75, 3.05) is 39.4 Å². The number of thiophene rings is 1. The first-order chi connectivity index (χ1) is 14.1. The van der Waals surface area contributed by atoms with Gasteiger partial charge in [-0.2, -0.15) is 0 Å². The lowest BCUT2D eigenvalue weighted by molar-refractivity contribution is -0.136. The van der Waals surface area contributed by atoms with Crippen LogP contribution in [0.3, 0.4) is 0 Å². The number of hydrogen-bond donors (Lipinski definition) is 0. The van der Waals surface area contributed by atoms with Gasteiger partial charge in [-0.15, -0.1) is 11.3 Å². The summed E-state index contributed by atoms with van der Waals surface area (Å²) >= 11 is 1.61. The maximum absolute atomic E-state index is 13.6. The molecule has 1 amide bonds. The predicted octanol–water partition coefficient (Wildman–Crippen LogP) is 2.62. The van der Waals surface area contributed by atoms with Gasteiger partial charge in [0.05, 0.1) is 30.7 Å². The topological polar surface area (TPSA) is 59.1 Å². The molecule has 0 bridgehead atoms. The van der Waals surface area contributed by atoms with E-state index in [2.05, 4.69) is 11.8 Å². The standard InChI is InChI=1S/C22H28N2O4S/c1-14-4-5-16-15(13-14)20(25)18-19(17-3-2-12-29-17)24(22(26)21(18)28-16)7-6-23-8-10-27-11-9-23/h2-3,12,14-16,19H,4-11,13H2,1H3. The third-order valence-corrected chi connectivity index (χ3v) is 7.70. The van der Waals surface area contributed by atoms with Crippen LogP contribution in [0.2, 0.25) is 0 Å². The molecule has 4 aliphatic rings. The third-order valence-electron chi connectivity index (χ3n) is 6.78. The highest BCUT2D eigenvalue weighted by molar-refractivity contribution is 7.10. The van der Waals surface area contributed by atoms with Crippen molar-refractivity contribution in [3.8, 4) is 0 Å². The summed E-state index contributed by atoms with van der Waals surface area (Å²) in [5.41, 5.74) is 0.606. The Balaban J connectivity index is 1.44. The SMILES string of the molecule is CC1CCC2OC3=C(C(=O)C2C1)C(c1cccs1)N(CCN1CCOCC1)C3=O. The predicted molar refractivity (Wildman–Crippen MR) is 109 cm³/mol. The van der Waals surface area contributed by atoms with Gasteiger partial charge in [-0.1, -0.05) is 13.0 Å². The van der Waals surface area contributed by atoms with Crippen molar-refractivity contribution in [1.82, 2.24) is 9.80 Å². The maximum atomic E-state index is 13.6. The fourth-order valence-corrected chi connectivity index (χ4v) is 6.02. The minimum absolute atomic E-state index is 0.105. The van der Waals surface area contributed by atoms with E-state index in [9.17, 15) is 9.59 Å². The first-order valence-electron chi connectivity index (χ1n) is 10.7. The molecular weight excluding hydrogens is 388 g/mol. The minimum atomic E-state index is -0.302. The molecule has 0 N–H and O–H groups in total. The smallest absolute Gasteiger partial charge is 0.290 e. The Labute approximate surface area is 175 Å². The highest BCUT2D eigenvalue weighted by Gasteiger charge is 2.52. The summed E-state index contributed by atoms with van der Waals surface area (Å²) in [5.74, 6) is 0.777. The van der Waals surface area contributed by atoms with Crippen LogP contribution in [0.15, 0.2) is 28.8 Å². The lowest BCUT2D eigenvalue weighted by Crippen LogP contribution is -2.43. The highest BCUT2D eigenvalue weighted by Crippen LogP contribution is 2.48. The molecule has 5 rings (SSSR count). The molecule has 6 nitrogen and oxygen atoms in total. The van der Waals surface area contributed by atoms with Crippen molar-refractivity contribution in [3.63, 3.8) is 0 Å². The van der Waals surface area contributed by atoms with Crippen LogP contribution in [0.1, 0.15) is 37.1 Å². The van der Waals surface area contributed by atoms with Crippen LogP contribution in [-0.2, 0) is 19.1 Å². The molecule has 29 heavy (non-hydrogen) atoms. The number of carbonyl (C=O) groups is 2. The molecule has 1 saturated heterocycles. The number of nitrogens with zero attached hydrogens (tertiary/aromatic N) is 2. The fourth-order valence-electron chi connectivity index (χ4n) is 5.17. The Hall–Kier alpha value is -1.70. The van der Waals surface area contributed by atoms with Crippen LogP contribution < -0.4 is 0 Å². The zero-order valence-corrected chi connectivity index (χ0v) is 17.7. The zero-order valence-electron chi connectivity index (χ0n) is 16.8. The molecule has 3 aliphatic heterocycles. The van der Waals surface area contributed by atoms with Gasteiger partial charge >= 0.3 is 0 Å². The van der Waals surface area contributed by atoms with Gasteiger partial charge in [0.2, 0.25) is 0 Å². The highest BCUT2D eigenvalue weighted by atomic mass is 32.1. The van der Waals surface area contributed by atoms with E-state index < -0.39 is 0 Å². The quantitative estimate of drug-likeness (QED) is 0.755. The van der Waals surface area contributed by atoms with Gasteiger partial charge in [-0.05, 0) is 36.6 Å². The van der Waals surface area contributed by atoms with E-state index in [1.807, 2.05) is 22.4 Å². The molecule has 4 atom stereocenters. The van der Waals surface area contributed by atoms with Crippen molar-refractivity contribution in [2.24, 2.45) is 11.8 Å². The summed E-state index contributed by atoms with van der Waals surface area (Å²) in [6.45, 7) is 6.83. The van der Waals surface area contributed by atoms with Gasteiger partial charge < -0.3 is 14.4 Å². The number of morpholine rings is 1. The molecule has 0 radical (unpaired) electrons. The first kappa shape index (κ1) is 19.3. The van der Waals surface area contributed by atoms with Gasteiger partial charge in [0.15, 0.2) is 11.5 Å². The molecule has 1 aromatic heterocycles. The van der Waals surface area contributed by atoms with Crippen LogP contribution in [0.5, 0.6) is 0 Å². The minimum Gasteiger partial charge on any atom is -0.483 e. The van der Waals surface area contributed by atoms with E-state index in [0.717, 1.165) is 57.0 Å². The number of fused-ring (bicyclic) bond motifs is 1. The summed E-state index contributed by atoms with van der Waals surface area (Å²) in [5, 5.41) is 2.01. The van der Waals surface area contributed by atoms with Crippen molar-refractivity contribution in [1.29, 1.82) is 0 Å². The third kappa shape index (κ3) is 3.43. The number of ketones is 1. The van der Waals surface area contributed by atoms with Crippen LogP contribution in [0.4, 0.5) is 0 Å². The van der Waals surface area contributed by atoms with Gasteiger partial charge in [0.1, 0.15) is 6.10 Å². The van der Waals surface area contributed by atoms with Gasteiger partial charge in [-0.25, -0.2) is 0 Å². The lowest BCUT2D eigenvalue weighted by atomic mass is 9.74. The molecule has 156 valence electrons. The van der Waals surface area contributed by atoms with Crippen molar-refractivity contribution >= 4 is 23.0 Å². The lowest BCUT2D eigenvalue weighted by Gasteiger charge is -2.37. The summed E-state index contributed by atoms with van der Waals surface area (Å²) < 4.78 is 11.7. The van der Waals surface area contributed by atoms with E-state index in [1.54, 1.807) is 11.3 Å². The first-order valence-corrected chi connectivity index (χ1v) is 11.6. The number of rotatable bonds is 4.